The monoisotopic (exact) mass is 572 g/mol. The summed E-state index contributed by atoms with van der Waals surface area (Å²) in [5.41, 5.74) is 12.1. The topological polar surface area (TPSA) is 46.1 Å². The maximum absolute atomic E-state index is 8.25. The summed E-state index contributed by atoms with van der Waals surface area (Å²) in [6, 6.07) is 36.4. The SMILES string of the molecule is C[O-].C[O-].c1ccc2c(c1)-c1ccccc1[CH]2[Hf+2][CH]1c2ccccc2-c2ccccc21. The van der Waals surface area contributed by atoms with Gasteiger partial charge in [-0.25, -0.2) is 0 Å². The second-order valence-corrected chi connectivity index (χ2v) is 12.7. The number of rotatable bonds is 2. The van der Waals surface area contributed by atoms with Gasteiger partial charge in [-0.1, -0.05) is 0 Å². The average molecular weight is 571 g/mol. The normalized spacial score (nSPS) is 12.8. The van der Waals surface area contributed by atoms with E-state index in [1.54, 1.807) is 22.3 Å². The number of fused-ring (bicyclic) bond motifs is 6. The predicted molar refractivity (Wildman–Crippen MR) is 119 cm³/mol. The molecule has 0 saturated carbocycles. The zero-order chi connectivity index (χ0) is 21.8. The summed E-state index contributed by atoms with van der Waals surface area (Å²) in [7, 11) is 1.50. The molecule has 0 N–H and O–H groups in total. The van der Waals surface area contributed by atoms with E-state index in [0.717, 1.165) is 14.2 Å². The first-order valence-corrected chi connectivity index (χ1v) is 14.5. The third kappa shape index (κ3) is 3.76. The standard InChI is InChI=1S/2C13H9.2CH3O.Hf/c2*1-3-7-12-10(5-1)9-11-6-2-4-8-13(11)12;2*1-2;/h2*1-9H;2*1H3;/q;;2*-1;+2. The number of hydrogen-bond donors (Lipinski definition) is 0. The van der Waals surface area contributed by atoms with Crippen LogP contribution in [-0.4, -0.2) is 14.2 Å². The molecule has 0 atom stereocenters. The Morgan fingerprint density at radius 2 is 0.645 bits per heavy atom. The maximum atomic E-state index is 8.25. The van der Waals surface area contributed by atoms with Crippen molar-refractivity contribution in [3.8, 4) is 22.3 Å². The van der Waals surface area contributed by atoms with Crippen molar-refractivity contribution in [3.63, 3.8) is 0 Å². The van der Waals surface area contributed by atoms with Crippen molar-refractivity contribution in [2.24, 2.45) is 0 Å². The summed E-state index contributed by atoms with van der Waals surface area (Å²) in [6.45, 7) is 0. The third-order valence-electron chi connectivity index (χ3n) is 6.00. The van der Waals surface area contributed by atoms with Crippen molar-refractivity contribution in [1.82, 2.24) is 0 Å². The number of benzene rings is 4. The Kier molecular flexibility index (Phi) is 6.96. The van der Waals surface area contributed by atoms with Crippen LogP contribution in [0, 0.1) is 0 Å². The molecule has 4 aromatic carbocycles. The molecule has 0 fully saturated rings. The van der Waals surface area contributed by atoms with E-state index in [-0.39, 0.29) is 0 Å². The van der Waals surface area contributed by atoms with Gasteiger partial charge in [-0.15, -0.1) is 0 Å². The molecule has 31 heavy (non-hydrogen) atoms. The van der Waals surface area contributed by atoms with Gasteiger partial charge in [-0.2, -0.15) is 14.2 Å². The molecule has 0 amide bonds. The summed E-state index contributed by atoms with van der Waals surface area (Å²) in [5, 5.41) is 16.5. The van der Waals surface area contributed by atoms with Crippen LogP contribution < -0.4 is 10.2 Å². The van der Waals surface area contributed by atoms with Gasteiger partial charge in [0.05, 0.1) is 0 Å². The fourth-order valence-electron chi connectivity index (χ4n) is 4.84. The fourth-order valence-corrected chi connectivity index (χ4v) is 12.2. The Labute approximate surface area is 195 Å². The van der Waals surface area contributed by atoms with Gasteiger partial charge in [0.2, 0.25) is 0 Å². The summed E-state index contributed by atoms with van der Waals surface area (Å²) < 4.78 is 1.31. The van der Waals surface area contributed by atoms with Crippen LogP contribution in [-0.2, 0) is 22.9 Å². The summed E-state index contributed by atoms with van der Waals surface area (Å²) in [6.07, 6.45) is 0. The van der Waals surface area contributed by atoms with Gasteiger partial charge in [-0.3, -0.25) is 0 Å². The van der Waals surface area contributed by atoms with E-state index in [4.69, 9.17) is 10.2 Å². The minimum atomic E-state index is -1.11. The van der Waals surface area contributed by atoms with Crippen molar-refractivity contribution in [1.29, 1.82) is 0 Å². The average Bonchev–Trinajstić information content (AvgIpc) is 3.36. The van der Waals surface area contributed by atoms with Gasteiger partial charge < -0.3 is 10.2 Å². The van der Waals surface area contributed by atoms with Crippen LogP contribution in [0.2, 0.25) is 0 Å². The van der Waals surface area contributed by atoms with Crippen molar-refractivity contribution in [2.45, 2.75) is 7.35 Å². The Morgan fingerprint density at radius 1 is 0.419 bits per heavy atom. The van der Waals surface area contributed by atoms with E-state index >= 15 is 0 Å². The van der Waals surface area contributed by atoms with E-state index in [2.05, 4.69) is 97.1 Å². The van der Waals surface area contributed by atoms with Crippen molar-refractivity contribution >= 4 is 0 Å². The zero-order valence-corrected chi connectivity index (χ0v) is 21.3. The second-order valence-electron chi connectivity index (χ2n) is 7.38. The van der Waals surface area contributed by atoms with E-state index in [9.17, 15) is 0 Å². The van der Waals surface area contributed by atoms with Gasteiger partial charge in [0.1, 0.15) is 0 Å². The fraction of sp³-hybridized carbons (Fsp3) is 0.143. The Balaban J connectivity index is 0.000000549. The molecule has 4 aromatic rings. The molecule has 0 radical (unpaired) electrons. The molecule has 0 bridgehead atoms. The van der Waals surface area contributed by atoms with E-state index in [1.807, 2.05) is 0 Å². The Bertz CT molecular complexity index is 1000. The second kappa shape index (κ2) is 9.86. The van der Waals surface area contributed by atoms with Gasteiger partial charge in [0.25, 0.3) is 0 Å². The molecular formula is C28H24HfO2. The molecule has 0 aromatic heterocycles. The minimum absolute atomic E-state index is 0.654. The molecule has 2 aliphatic carbocycles. The molecule has 152 valence electrons. The quantitative estimate of drug-likeness (QED) is 0.332. The van der Waals surface area contributed by atoms with Crippen molar-refractivity contribution < 1.29 is 33.1 Å². The molecule has 0 saturated heterocycles. The molecule has 3 heteroatoms. The molecular weight excluding hydrogens is 547 g/mol. The number of hydrogen-bond acceptors (Lipinski definition) is 2. The van der Waals surface area contributed by atoms with Gasteiger partial charge in [0.15, 0.2) is 0 Å². The molecule has 2 aliphatic rings. The van der Waals surface area contributed by atoms with Gasteiger partial charge in [-0.05, 0) is 0 Å². The van der Waals surface area contributed by atoms with Crippen LogP contribution in [0.15, 0.2) is 97.1 Å². The third-order valence-corrected chi connectivity index (χ3v) is 12.9. The van der Waals surface area contributed by atoms with E-state index in [0.29, 0.717) is 7.35 Å². The summed E-state index contributed by atoms with van der Waals surface area (Å²) in [4.78, 5) is 0. The molecule has 0 heterocycles. The van der Waals surface area contributed by atoms with Crippen LogP contribution in [0.5, 0.6) is 0 Å². The van der Waals surface area contributed by atoms with Crippen LogP contribution in [0.3, 0.4) is 0 Å². The van der Waals surface area contributed by atoms with E-state index < -0.39 is 22.9 Å². The Hall–Kier alpha value is -2.33. The first kappa shape index (κ1) is 21.9. The predicted octanol–water partition coefficient (Wildman–Crippen LogP) is 4.56. The molecule has 2 nitrogen and oxygen atoms in total. The van der Waals surface area contributed by atoms with Crippen LogP contribution in [0.1, 0.15) is 29.6 Å². The first-order chi connectivity index (χ1) is 15.4. The van der Waals surface area contributed by atoms with Crippen molar-refractivity contribution in [3.05, 3.63) is 119 Å². The van der Waals surface area contributed by atoms with Gasteiger partial charge in [0, 0.05) is 0 Å². The van der Waals surface area contributed by atoms with E-state index in [1.165, 1.54) is 22.3 Å². The molecule has 6 rings (SSSR count). The molecule has 0 unspecified atom stereocenters. The summed E-state index contributed by atoms with van der Waals surface area (Å²) >= 11 is -1.11. The molecule has 0 spiro atoms. The van der Waals surface area contributed by atoms with Crippen LogP contribution in [0.25, 0.3) is 22.3 Å². The van der Waals surface area contributed by atoms with Gasteiger partial charge >= 0.3 is 172 Å². The molecule has 0 aliphatic heterocycles. The van der Waals surface area contributed by atoms with Crippen LogP contribution in [0.4, 0.5) is 0 Å². The van der Waals surface area contributed by atoms with Crippen molar-refractivity contribution in [2.75, 3.05) is 14.2 Å². The first-order valence-electron chi connectivity index (χ1n) is 10.4. The summed E-state index contributed by atoms with van der Waals surface area (Å²) in [5.74, 6) is 0. The Morgan fingerprint density at radius 3 is 0.903 bits per heavy atom. The zero-order valence-electron chi connectivity index (χ0n) is 17.7. The van der Waals surface area contributed by atoms with Crippen LogP contribution >= 0.6 is 0 Å².